The zero-order valence-corrected chi connectivity index (χ0v) is 14.5. The maximum absolute atomic E-state index is 6.50. The lowest BCUT2D eigenvalue weighted by atomic mass is 9.73. The van der Waals surface area contributed by atoms with Crippen LogP contribution in [0.3, 0.4) is 0 Å². The van der Waals surface area contributed by atoms with Gasteiger partial charge < -0.3 is 4.74 Å². The highest BCUT2D eigenvalue weighted by Gasteiger charge is 2.36. The number of benzene rings is 2. The molecule has 0 aromatic heterocycles. The normalized spacial score (nSPS) is 15.5. The molecular formula is C21H26O. The van der Waals surface area contributed by atoms with Crippen molar-refractivity contribution in [3.63, 3.8) is 0 Å². The summed E-state index contributed by atoms with van der Waals surface area (Å²) in [5.74, 6) is 3.06. The van der Waals surface area contributed by atoms with Crippen LogP contribution in [0, 0.1) is 0 Å². The lowest BCUT2D eigenvalue weighted by Crippen LogP contribution is -2.25. The van der Waals surface area contributed by atoms with Crippen molar-refractivity contribution in [2.75, 3.05) is 0 Å². The van der Waals surface area contributed by atoms with Crippen LogP contribution in [0.2, 0.25) is 0 Å². The average Bonchev–Trinajstić information content (AvgIpc) is 2.46. The van der Waals surface area contributed by atoms with Crippen LogP contribution in [0.15, 0.2) is 36.4 Å². The van der Waals surface area contributed by atoms with Crippen LogP contribution < -0.4 is 4.74 Å². The van der Waals surface area contributed by atoms with E-state index in [1.54, 1.807) is 0 Å². The van der Waals surface area contributed by atoms with Crippen LogP contribution in [0.1, 0.15) is 75.6 Å². The Kier molecular flexibility index (Phi) is 3.55. The summed E-state index contributed by atoms with van der Waals surface area (Å²) >= 11 is 0. The number of ether oxygens (including phenoxy) is 1. The molecule has 0 radical (unpaired) electrons. The topological polar surface area (TPSA) is 9.23 Å². The van der Waals surface area contributed by atoms with E-state index in [1.165, 1.54) is 22.3 Å². The first-order valence-electron chi connectivity index (χ1n) is 8.28. The molecule has 0 atom stereocenters. The Morgan fingerprint density at radius 2 is 1.14 bits per heavy atom. The van der Waals surface area contributed by atoms with Crippen molar-refractivity contribution in [2.24, 2.45) is 0 Å². The summed E-state index contributed by atoms with van der Waals surface area (Å²) in [6.45, 7) is 13.5. The Morgan fingerprint density at radius 1 is 0.727 bits per heavy atom. The van der Waals surface area contributed by atoms with Crippen molar-refractivity contribution >= 4 is 0 Å². The summed E-state index contributed by atoms with van der Waals surface area (Å²) < 4.78 is 6.50. The van der Waals surface area contributed by atoms with Crippen molar-refractivity contribution in [3.05, 3.63) is 58.7 Å². The first kappa shape index (κ1) is 15.1. The van der Waals surface area contributed by atoms with Crippen LogP contribution in [0.4, 0.5) is 0 Å². The van der Waals surface area contributed by atoms with Crippen molar-refractivity contribution < 1.29 is 4.74 Å². The fraction of sp³-hybridized carbons (Fsp3) is 0.429. The summed E-state index contributed by atoms with van der Waals surface area (Å²) in [6, 6.07) is 13.1. The Balaban J connectivity index is 2.29. The SMILES string of the molecule is CC(C)c1cccc2c1Oc1c(C(C)C)cccc1C2(C)C. The molecule has 0 bridgehead atoms. The van der Waals surface area contributed by atoms with Gasteiger partial charge in [-0.15, -0.1) is 0 Å². The van der Waals surface area contributed by atoms with Crippen LogP contribution >= 0.6 is 0 Å². The fourth-order valence-corrected chi connectivity index (χ4v) is 3.48. The summed E-state index contributed by atoms with van der Waals surface area (Å²) in [4.78, 5) is 0. The Labute approximate surface area is 134 Å². The number of hydrogen-bond donors (Lipinski definition) is 0. The molecule has 0 saturated heterocycles. The molecule has 1 heteroatoms. The standard InChI is InChI=1S/C21H26O/c1-13(2)15-9-7-11-17-19(15)22-20-16(14(3)4)10-8-12-18(20)21(17,5)6/h7-14H,1-6H3. The number of hydrogen-bond acceptors (Lipinski definition) is 1. The van der Waals surface area contributed by atoms with Gasteiger partial charge in [-0.1, -0.05) is 77.9 Å². The van der Waals surface area contributed by atoms with Crippen LogP contribution in [-0.4, -0.2) is 0 Å². The average molecular weight is 294 g/mol. The van der Waals surface area contributed by atoms with Gasteiger partial charge in [0.15, 0.2) is 0 Å². The van der Waals surface area contributed by atoms with Gasteiger partial charge in [0.1, 0.15) is 11.5 Å². The van der Waals surface area contributed by atoms with Crippen molar-refractivity contribution in [3.8, 4) is 11.5 Å². The monoisotopic (exact) mass is 294 g/mol. The first-order valence-corrected chi connectivity index (χ1v) is 8.28. The van der Waals surface area contributed by atoms with Gasteiger partial charge >= 0.3 is 0 Å². The van der Waals surface area contributed by atoms with Gasteiger partial charge in [0.2, 0.25) is 0 Å². The van der Waals surface area contributed by atoms with Gasteiger partial charge in [-0.25, -0.2) is 0 Å². The molecular weight excluding hydrogens is 268 g/mol. The summed E-state index contributed by atoms with van der Waals surface area (Å²) in [5.41, 5.74) is 5.17. The van der Waals surface area contributed by atoms with Crippen molar-refractivity contribution in [1.29, 1.82) is 0 Å². The lowest BCUT2D eigenvalue weighted by molar-refractivity contribution is 0.404. The Hall–Kier alpha value is -1.76. The van der Waals surface area contributed by atoms with E-state index in [0.717, 1.165) is 11.5 Å². The molecule has 0 saturated carbocycles. The maximum Gasteiger partial charge on any atom is 0.134 e. The number of rotatable bonds is 2. The first-order chi connectivity index (χ1) is 10.3. The van der Waals surface area contributed by atoms with E-state index >= 15 is 0 Å². The molecule has 0 unspecified atom stereocenters. The molecule has 1 heterocycles. The molecule has 22 heavy (non-hydrogen) atoms. The molecule has 1 aliphatic heterocycles. The molecule has 1 aliphatic rings. The number of para-hydroxylation sites is 2. The van der Waals surface area contributed by atoms with E-state index in [0.29, 0.717) is 11.8 Å². The second-order valence-corrected chi connectivity index (χ2v) is 7.48. The van der Waals surface area contributed by atoms with E-state index in [9.17, 15) is 0 Å². The van der Waals surface area contributed by atoms with Crippen molar-refractivity contribution in [2.45, 2.75) is 58.8 Å². The molecule has 3 rings (SSSR count). The third kappa shape index (κ3) is 2.15. The highest BCUT2D eigenvalue weighted by molar-refractivity contribution is 5.62. The van der Waals surface area contributed by atoms with Crippen molar-refractivity contribution in [1.82, 2.24) is 0 Å². The molecule has 1 nitrogen and oxygen atoms in total. The minimum atomic E-state index is -0.0291. The van der Waals surface area contributed by atoms with Gasteiger partial charge in [0.25, 0.3) is 0 Å². The molecule has 116 valence electrons. The second-order valence-electron chi connectivity index (χ2n) is 7.48. The molecule has 0 amide bonds. The van der Waals surface area contributed by atoms with E-state index < -0.39 is 0 Å². The van der Waals surface area contributed by atoms with E-state index in [2.05, 4.69) is 77.9 Å². The molecule has 0 spiro atoms. The molecule has 2 aromatic carbocycles. The Morgan fingerprint density at radius 3 is 1.50 bits per heavy atom. The van der Waals surface area contributed by atoms with Crippen LogP contribution in [-0.2, 0) is 5.41 Å². The van der Waals surface area contributed by atoms with Gasteiger partial charge in [0.05, 0.1) is 0 Å². The van der Waals surface area contributed by atoms with E-state index in [4.69, 9.17) is 4.74 Å². The Bertz CT molecular complexity index is 648. The molecule has 0 N–H and O–H groups in total. The van der Waals surface area contributed by atoms with Gasteiger partial charge in [-0.05, 0) is 23.0 Å². The maximum atomic E-state index is 6.50. The predicted octanol–water partition coefficient (Wildman–Crippen LogP) is 6.37. The zero-order chi connectivity index (χ0) is 16.1. The van der Waals surface area contributed by atoms with Gasteiger partial charge in [-0.3, -0.25) is 0 Å². The lowest BCUT2D eigenvalue weighted by Gasteiger charge is -2.37. The number of fused-ring (bicyclic) bond motifs is 2. The zero-order valence-electron chi connectivity index (χ0n) is 14.5. The molecule has 0 fully saturated rings. The smallest absolute Gasteiger partial charge is 0.134 e. The van der Waals surface area contributed by atoms with Gasteiger partial charge in [-0.2, -0.15) is 0 Å². The van der Waals surface area contributed by atoms with Gasteiger partial charge in [0, 0.05) is 16.5 Å². The summed E-state index contributed by atoms with van der Waals surface area (Å²) in [6.07, 6.45) is 0. The minimum Gasteiger partial charge on any atom is -0.456 e. The van der Waals surface area contributed by atoms with Crippen LogP contribution in [0.5, 0.6) is 11.5 Å². The third-order valence-corrected chi connectivity index (χ3v) is 4.89. The fourth-order valence-electron chi connectivity index (χ4n) is 3.48. The quantitative estimate of drug-likeness (QED) is 0.625. The second kappa shape index (κ2) is 5.15. The van der Waals surface area contributed by atoms with Crippen LogP contribution in [0.25, 0.3) is 0 Å². The summed E-state index contributed by atoms with van der Waals surface area (Å²) in [7, 11) is 0. The predicted molar refractivity (Wildman–Crippen MR) is 93.3 cm³/mol. The van der Waals surface area contributed by atoms with E-state index in [-0.39, 0.29) is 5.41 Å². The third-order valence-electron chi connectivity index (χ3n) is 4.89. The largest absolute Gasteiger partial charge is 0.456 e. The minimum absolute atomic E-state index is 0.0291. The molecule has 2 aromatic rings. The highest BCUT2D eigenvalue weighted by atomic mass is 16.5. The van der Waals surface area contributed by atoms with E-state index in [1.807, 2.05) is 0 Å². The summed E-state index contributed by atoms with van der Waals surface area (Å²) in [5, 5.41) is 0. The molecule has 0 aliphatic carbocycles. The highest BCUT2D eigenvalue weighted by Crippen LogP contribution is 2.52.